The zero-order valence-corrected chi connectivity index (χ0v) is 15.1. The van der Waals surface area contributed by atoms with Crippen molar-refractivity contribution in [3.63, 3.8) is 0 Å². The summed E-state index contributed by atoms with van der Waals surface area (Å²) in [5, 5.41) is 3.33. The zero-order chi connectivity index (χ0) is 16.8. The fourth-order valence-corrected chi connectivity index (χ4v) is 2.83. The minimum absolute atomic E-state index is 0.776. The molecule has 0 unspecified atom stereocenters. The van der Waals surface area contributed by atoms with Gasteiger partial charge in [-0.05, 0) is 40.5 Å². The van der Waals surface area contributed by atoms with E-state index < -0.39 is 0 Å². The van der Waals surface area contributed by atoms with Crippen molar-refractivity contribution in [2.24, 2.45) is 0 Å². The molecule has 3 rings (SSSR count). The van der Waals surface area contributed by atoms with E-state index in [0.29, 0.717) is 0 Å². The standard InChI is InChI=1S/C19H19BrN4/c1-2-24(13-15-8-4-3-5-9-15)19-12-18(21-14-22-19)23-17-11-7-6-10-16(17)20/h3-12,14H,2,13H2,1H3,(H,21,22,23). The van der Waals surface area contributed by atoms with Crippen LogP contribution in [-0.2, 0) is 6.54 Å². The number of nitrogens with one attached hydrogen (secondary N) is 1. The van der Waals surface area contributed by atoms with Crippen molar-refractivity contribution < 1.29 is 0 Å². The summed E-state index contributed by atoms with van der Waals surface area (Å²) < 4.78 is 1.00. The molecule has 0 radical (unpaired) electrons. The molecule has 1 aromatic heterocycles. The van der Waals surface area contributed by atoms with Gasteiger partial charge in [0.25, 0.3) is 0 Å². The second-order valence-electron chi connectivity index (χ2n) is 5.37. The summed E-state index contributed by atoms with van der Waals surface area (Å²) in [6.45, 7) is 3.83. The third-order valence-electron chi connectivity index (χ3n) is 3.71. The summed E-state index contributed by atoms with van der Waals surface area (Å²) >= 11 is 3.54. The molecule has 1 N–H and O–H groups in total. The molecule has 4 nitrogen and oxygen atoms in total. The average Bonchev–Trinajstić information content (AvgIpc) is 2.63. The van der Waals surface area contributed by atoms with E-state index in [1.807, 2.05) is 36.4 Å². The molecule has 2 aromatic carbocycles. The first kappa shape index (κ1) is 16.5. The van der Waals surface area contributed by atoms with Crippen molar-refractivity contribution in [1.29, 1.82) is 0 Å². The van der Waals surface area contributed by atoms with Crippen molar-refractivity contribution in [3.05, 3.63) is 77.0 Å². The van der Waals surface area contributed by atoms with Gasteiger partial charge in [0.15, 0.2) is 0 Å². The quantitative estimate of drug-likeness (QED) is 0.650. The number of halogens is 1. The Balaban J connectivity index is 1.79. The second-order valence-corrected chi connectivity index (χ2v) is 6.22. The Morgan fingerprint density at radius 3 is 2.50 bits per heavy atom. The molecule has 24 heavy (non-hydrogen) atoms. The first-order chi connectivity index (χ1) is 11.8. The van der Waals surface area contributed by atoms with Crippen LogP contribution in [0.4, 0.5) is 17.3 Å². The molecule has 0 saturated heterocycles. The monoisotopic (exact) mass is 382 g/mol. The van der Waals surface area contributed by atoms with Gasteiger partial charge in [0.2, 0.25) is 0 Å². The number of aromatic nitrogens is 2. The number of benzene rings is 2. The maximum Gasteiger partial charge on any atom is 0.135 e. The van der Waals surface area contributed by atoms with E-state index in [4.69, 9.17) is 0 Å². The van der Waals surface area contributed by atoms with Crippen LogP contribution >= 0.6 is 15.9 Å². The fraction of sp³-hybridized carbons (Fsp3) is 0.158. The van der Waals surface area contributed by atoms with Gasteiger partial charge in [0.1, 0.15) is 18.0 Å². The number of rotatable bonds is 6. The van der Waals surface area contributed by atoms with Crippen LogP contribution in [0.3, 0.4) is 0 Å². The van der Waals surface area contributed by atoms with Crippen molar-refractivity contribution in [1.82, 2.24) is 9.97 Å². The van der Waals surface area contributed by atoms with Gasteiger partial charge >= 0.3 is 0 Å². The molecule has 0 saturated carbocycles. The minimum Gasteiger partial charge on any atom is -0.352 e. The number of para-hydroxylation sites is 1. The maximum absolute atomic E-state index is 4.43. The number of nitrogens with zero attached hydrogens (tertiary/aromatic N) is 3. The lowest BCUT2D eigenvalue weighted by molar-refractivity contribution is 0.810. The van der Waals surface area contributed by atoms with E-state index in [1.165, 1.54) is 5.56 Å². The summed E-state index contributed by atoms with van der Waals surface area (Å²) in [6.07, 6.45) is 1.60. The Morgan fingerprint density at radius 2 is 1.75 bits per heavy atom. The van der Waals surface area contributed by atoms with Gasteiger partial charge in [0, 0.05) is 23.6 Å². The molecule has 0 fully saturated rings. The maximum atomic E-state index is 4.43. The van der Waals surface area contributed by atoms with Crippen LogP contribution in [0.1, 0.15) is 12.5 Å². The van der Waals surface area contributed by atoms with Gasteiger partial charge < -0.3 is 10.2 Å². The SMILES string of the molecule is CCN(Cc1ccccc1)c1cc(Nc2ccccc2Br)ncn1. The Bertz CT molecular complexity index is 792. The van der Waals surface area contributed by atoms with Crippen molar-refractivity contribution in [3.8, 4) is 0 Å². The largest absolute Gasteiger partial charge is 0.352 e. The molecule has 1 heterocycles. The molecule has 3 aromatic rings. The predicted octanol–water partition coefficient (Wildman–Crippen LogP) is 5.01. The molecule has 0 bridgehead atoms. The van der Waals surface area contributed by atoms with Crippen molar-refractivity contribution >= 4 is 33.3 Å². The summed E-state index contributed by atoms with van der Waals surface area (Å²) in [5.41, 5.74) is 2.24. The molecular weight excluding hydrogens is 364 g/mol. The Labute approximate surface area is 150 Å². The summed E-state index contributed by atoms with van der Waals surface area (Å²) in [4.78, 5) is 11.0. The van der Waals surface area contributed by atoms with Crippen LogP contribution in [0.2, 0.25) is 0 Å². The van der Waals surface area contributed by atoms with Crippen molar-refractivity contribution in [2.45, 2.75) is 13.5 Å². The van der Waals surface area contributed by atoms with Crippen LogP contribution in [0.25, 0.3) is 0 Å². The topological polar surface area (TPSA) is 41.0 Å². The third-order valence-corrected chi connectivity index (χ3v) is 4.40. The van der Waals surface area contributed by atoms with Gasteiger partial charge in [0.05, 0.1) is 5.69 Å². The lowest BCUT2D eigenvalue weighted by Crippen LogP contribution is -2.23. The zero-order valence-electron chi connectivity index (χ0n) is 13.5. The Hall–Kier alpha value is -2.40. The van der Waals surface area contributed by atoms with Gasteiger partial charge in [-0.1, -0.05) is 42.5 Å². The fourth-order valence-electron chi connectivity index (χ4n) is 2.45. The number of hydrogen-bond donors (Lipinski definition) is 1. The smallest absolute Gasteiger partial charge is 0.135 e. The molecular formula is C19H19BrN4. The van der Waals surface area contributed by atoms with Crippen LogP contribution in [0, 0.1) is 0 Å². The first-order valence-electron chi connectivity index (χ1n) is 7.88. The summed E-state index contributed by atoms with van der Waals surface area (Å²) in [7, 11) is 0. The van der Waals surface area contributed by atoms with E-state index in [2.05, 4.69) is 67.3 Å². The van der Waals surface area contributed by atoms with E-state index in [1.54, 1.807) is 6.33 Å². The van der Waals surface area contributed by atoms with E-state index >= 15 is 0 Å². The highest BCUT2D eigenvalue weighted by atomic mass is 79.9. The van der Waals surface area contributed by atoms with Crippen LogP contribution < -0.4 is 10.2 Å². The lowest BCUT2D eigenvalue weighted by Gasteiger charge is -2.22. The highest BCUT2D eigenvalue weighted by Gasteiger charge is 2.09. The van der Waals surface area contributed by atoms with Crippen LogP contribution in [0.5, 0.6) is 0 Å². The molecule has 0 amide bonds. The average molecular weight is 383 g/mol. The van der Waals surface area contributed by atoms with Crippen LogP contribution in [-0.4, -0.2) is 16.5 Å². The number of anilines is 3. The van der Waals surface area contributed by atoms with Crippen LogP contribution in [0.15, 0.2) is 71.5 Å². The van der Waals surface area contributed by atoms with E-state index in [0.717, 1.165) is 34.9 Å². The second kappa shape index (κ2) is 7.93. The van der Waals surface area contributed by atoms with Gasteiger partial charge in [-0.15, -0.1) is 0 Å². The summed E-state index contributed by atoms with van der Waals surface area (Å²) in [5.74, 6) is 1.68. The molecule has 0 aliphatic rings. The first-order valence-corrected chi connectivity index (χ1v) is 8.68. The van der Waals surface area contributed by atoms with Gasteiger partial charge in [-0.2, -0.15) is 0 Å². The predicted molar refractivity (Wildman–Crippen MR) is 103 cm³/mol. The van der Waals surface area contributed by atoms with Gasteiger partial charge in [-0.25, -0.2) is 9.97 Å². The summed E-state index contributed by atoms with van der Waals surface area (Å²) in [6, 6.07) is 20.4. The molecule has 0 aliphatic heterocycles. The molecule has 122 valence electrons. The number of hydrogen-bond acceptors (Lipinski definition) is 4. The van der Waals surface area contributed by atoms with E-state index in [9.17, 15) is 0 Å². The molecule has 0 spiro atoms. The molecule has 0 aliphatic carbocycles. The third kappa shape index (κ3) is 4.11. The highest BCUT2D eigenvalue weighted by molar-refractivity contribution is 9.10. The minimum atomic E-state index is 0.776. The highest BCUT2D eigenvalue weighted by Crippen LogP contribution is 2.25. The molecule has 5 heteroatoms. The molecule has 0 atom stereocenters. The Kier molecular flexibility index (Phi) is 5.43. The van der Waals surface area contributed by atoms with Gasteiger partial charge in [-0.3, -0.25) is 0 Å². The van der Waals surface area contributed by atoms with Crippen molar-refractivity contribution in [2.75, 3.05) is 16.8 Å². The normalized spacial score (nSPS) is 10.4. The van der Waals surface area contributed by atoms with E-state index in [-0.39, 0.29) is 0 Å². The Morgan fingerprint density at radius 1 is 1.00 bits per heavy atom. The lowest BCUT2D eigenvalue weighted by atomic mass is 10.2.